The van der Waals surface area contributed by atoms with Gasteiger partial charge in [0, 0.05) is 13.5 Å². The van der Waals surface area contributed by atoms with Gasteiger partial charge in [0.25, 0.3) is 5.91 Å². The van der Waals surface area contributed by atoms with Gasteiger partial charge in [0.1, 0.15) is 0 Å². The lowest BCUT2D eigenvalue weighted by atomic mass is 10.0. The summed E-state index contributed by atoms with van der Waals surface area (Å²) in [7, 11) is 0. The van der Waals surface area contributed by atoms with Gasteiger partial charge in [-0.25, -0.2) is 0 Å². The number of benzene rings is 1. The molecule has 1 aromatic rings. The fraction of sp³-hybridized carbons (Fsp3) is 0.533. The second-order valence-corrected chi connectivity index (χ2v) is 5.40. The van der Waals surface area contributed by atoms with Gasteiger partial charge in [0.15, 0.2) is 0 Å². The van der Waals surface area contributed by atoms with E-state index in [4.69, 9.17) is 0 Å². The number of hydrogen-bond donors (Lipinski definition) is 1. The first-order chi connectivity index (χ1) is 7.99. The van der Waals surface area contributed by atoms with Crippen LogP contribution in [-0.2, 0) is 6.42 Å². The molecule has 2 nitrogen and oxygen atoms in total. The highest BCUT2D eigenvalue weighted by atomic mass is 16.1. The van der Waals surface area contributed by atoms with Crippen molar-refractivity contribution in [3.05, 3.63) is 35.4 Å². The highest BCUT2D eigenvalue weighted by Crippen LogP contribution is 2.10. The first kappa shape index (κ1) is 13.8. The van der Waals surface area contributed by atoms with Gasteiger partial charge in [0.2, 0.25) is 0 Å². The molecule has 1 rings (SSSR count). The van der Waals surface area contributed by atoms with Crippen LogP contribution in [0.1, 0.15) is 45.0 Å². The molecule has 17 heavy (non-hydrogen) atoms. The lowest BCUT2D eigenvalue weighted by Crippen LogP contribution is -2.27. The lowest BCUT2D eigenvalue weighted by Gasteiger charge is -2.09. The smallest absolute Gasteiger partial charge is 0.251 e. The third-order valence-corrected chi connectivity index (χ3v) is 2.50. The van der Waals surface area contributed by atoms with E-state index in [9.17, 15) is 4.79 Å². The van der Waals surface area contributed by atoms with Crippen LogP contribution in [0.2, 0.25) is 0 Å². The molecule has 0 fully saturated rings. The van der Waals surface area contributed by atoms with Crippen molar-refractivity contribution in [3.63, 3.8) is 0 Å². The predicted octanol–water partition coefficient (Wildman–Crippen LogP) is 3.52. The Labute approximate surface area is 106 Å². The molecular weight excluding hydrogens is 210 g/mol. The van der Waals surface area contributed by atoms with Crippen LogP contribution in [0.3, 0.4) is 0 Å². The van der Waals surface area contributed by atoms with Crippen LogP contribution in [0.25, 0.3) is 0 Å². The molecule has 0 bridgehead atoms. The van der Waals surface area contributed by atoms with Crippen LogP contribution in [-0.4, -0.2) is 12.5 Å². The second kappa shape index (κ2) is 6.43. The maximum absolute atomic E-state index is 11.9. The maximum Gasteiger partial charge on any atom is 0.251 e. The molecule has 0 heterocycles. The van der Waals surface area contributed by atoms with Gasteiger partial charge in [0.05, 0.1) is 0 Å². The predicted molar refractivity (Wildman–Crippen MR) is 74.3 cm³/mol. The third-order valence-electron chi connectivity index (χ3n) is 2.50. The Morgan fingerprint density at radius 3 is 2.53 bits per heavy atom. The van der Waals surface area contributed by atoms with Gasteiger partial charge in [-0.2, -0.15) is 0 Å². The first-order valence-corrected chi connectivity index (χ1v) is 6.36. The third kappa shape index (κ3) is 5.03. The number of nitrogens with one attached hydrogen (secondary N) is 1. The number of carbonyl (C=O) groups is 1. The fourth-order valence-corrected chi connectivity index (χ4v) is 1.71. The van der Waals surface area contributed by atoms with Crippen molar-refractivity contribution in [1.82, 2.24) is 5.32 Å². The number of rotatable bonds is 5. The summed E-state index contributed by atoms with van der Waals surface area (Å²) < 4.78 is 0. The van der Waals surface area contributed by atoms with Gasteiger partial charge < -0.3 is 5.32 Å². The molecule has 96 valence electrons. The largest absolute Gasteiger partial charge is 0.352 e. The normalized spacial score (nSPS) is 10.9. The Kier molecular flexibility index (Phi) is 5.20. The number of hydrogen-bond acceptors (Lipinski definition) is 1. The van der Waals surface area contributed by atoms with E-state index in [0.29, 0.717) is 11.8 Å². The molecule has 0 radical (unpaired) electrons. The monoisotopic (exact) mass is 235 g/mol. The van der Waals surface area contributed by atoms with Gasteiger partial charge in [-0.3, -0.25) is 4.79 Å². The minimum absolute atomic E-state index is 0. The van der Waals surface area contributed by atoms with Gasteiger partial charge in [-0.15, -0.1) is 0 Å². The molecule has 0 unspecified atom stereocenters. The van der Waals surface area contributed by atoms with Crippen molar-refractivity contribution in [2.45, 2.75) is 34.1 Å². The Morgan fingerprint density at radius 2 is 1.94 bits per heavy atom. The lowest BCUT2D eigenvalue weighted by molar-refractivity contribution is 0.0949. The standard InChI is InChI=1S/C15H23NO.H2/c1-11(2)8-13-6-5-7-14(9-13)15(17)16-10-12(3)4;/h5-7,9,11-12H,8,10H2,1-4H3,(H,16,17);1H. The van der Waals surface area contributed by atoms with E-state index >= 15 is 0 Å². The zero-order valence-corrected chi connectivity index (χ0v) is 11.3. The average molecular weight is 235 g/mol. The summed E-state index contributed by atoms with van der Waals surface area (Å²) in [5.74, 6) is 1.13. The molecule has 0 aliphatic rings. The Hall–Kier alpha value is -1.31. The summed E-state index contributed by atoms with van der Waals surface area (Å²) >= 11 is 0. The molecule has 0 saturated carbocycles. The van der Waals surface area contributed by atoms with Gasteiger partial charge >= 0.3 is 0 Å². The molecule has 0 aliphatic carbocycles. The molecule has 0 aromatic heterocycles. The van der Waals surface area contributed by atoms with Crippen molar-refractivity contribution < 1.29 is 6.22 Å². The molecule has 0 saturated heterocycles. The number of carbonyl (C=O) groups excluding carboxylic acids is 1. The van der Waals surface area contributed by atoms with E-state index in [1.807, 2.05) is 18.2 Å². The summed E-state index contributed by atoms with van der Waals surface area (Å²) in [5.41, 5.74) is 2.00. The molecule has 2 heteroatoms. The fourth-order valence-electron chi connectivity index (χ4n) is 1.71. The molecule has 1 aromatic carbocycles. The SMILES string of the molecule is CC(C)CNC(=O)c1cccc(CC(C)C)c1.[HH]. The van der Waals surface area contributed by atoms with Crippen molar-refractivity contribution in [2.24, 2.45) is 11.8 Å². The molecule has 0 aliphatic heterocycles. The summed E-state index contributed by atoms with van der Waals surface area (Å²) in [5, 5.41) is 2.94. The van der Waals surface area contributed by atoms with E-state index < -0.39 is 0 Å². The van der Waals surface area contributed by atoms with Crippen LogP contribution in [0, 0.1) is 11.8 Å². The van der Waals surface area contributed by atoms with Gasteiger partial charge in [-0.05, 0) is 36.0 Å². The molecule has 1 N–H and O–H groups in total. The Bertz CT molecular complexity index is 375. The minimum atomic E-state index is 0. The topological polar surface area (TPSA) is 29.1 Å². The highest BCUT2D eigenvalue weighted by Gasteiger charge is 2.07. The van der Waals surface area contributed by atoms with E-state index in [1.165, 1.54) is 5.56 Å². The minimum Gasteiger partial charge on any atom is -0.352 e. The van der Waals surface area contributed by atoms with Crippen LogP contribution < -0.4 is 5.32 Å². The van der Waals surface area contributed by atoms with E-state index in [-0.39, 0.29) is 7.33 Å². The van der Waals surface area contributed by atoms with Crippen molar-refractivity contribution in [1.29, 1.82) is 0 Å². The summed E-state index contributed by atoms with van der Waals surface area (Å²) in [6, 6.07) is 7.91. The van der Waals surface area contributed by atoms with Crippen LogP contribution in [0.5, 0.6) is 0 Å². The van der Waals surface area contributed by atoms with Crippen LogP contribution in [0.15, 0.2) is 24.3 Å². The quantitative estimate of drug-likeness (QED) is 0.831. The first-order valence-electron chi connectivity index (χ1n) is 6.36. The van der Waals surface area contributed by atoms with Crippen LogP contribution in [0.4, 0.5) is 0 Å². The van der Waals surface area contributed by atoms with E-state index in [0.717, 1.165) is 18.5 Å². The van der Waals surface area contributed by atoms with Crippen molar-refractivity contribution in [3.8, 4) is 0 Å². The summed E-state index contributed by atoms with van der Waals surface area (Å²) in [4.78, 5) is 11.9. The number of amides is 1. The summed E-state index contributed by atoms with van der Waals surface area (Å²) in [6.45, 7) is 9.29. The molecular formula is C15H25NO. The Morgan fingerprint density at radius 1 is 1.24 bits per heavy atom. The molecule has 1 amide bonds. The zero-order valence-electron chi connectivity index (χ0n) is 11.3. The molecule has 0 atom stereocenters. The highest BCUT2D eigenvalue weighted by molar-refractivity contribution is 5.94. The second-order valence-electron chi connectivity index (χ2n) is 5.40. The van der Waals surface area contributed by atoms with Crippen molar-refractivity contribution in [2.75, 3.05) is 6.54 Å². The van der Waals surface area contributed by atoms with Crippen molar-refractivity contribution >= 4 is 5.91 Å². The molecule has 0 spiro atoms. The van der Waals surface area contributed by atoms with E-state index in [1.54, 1.807) is 0 Å². The average Bonchev–Trinajstić information content (AvgIpc) is 2.25. The van der Waals surface area contributed by atoms with Crippen LogP contribution >= 0.6 is 0 Å². The zero-order chi connectivity index (χ0) is 12.8. The van der Waals surface area contributed by atoms with Gasteiger partial charge in [-0.1, -0.05) is 39.8 Å². The van der Waals surface area contributed by atoms with E-state index in [2.05, 4.69) is 39.1 Å². The Balaban J connectivity index is 0.00000289. The summed E-state index contributed by atoms with van der Waals surface area (Å²) in [6.07, 6.45) is 1.02. The maximum atomic E-state index is 11.9.